The lowest BCUT2D eigenvalue weighted by atomic mass is 10.1. The van der Waals surface area contributed by atoms with Crippen LogP contribution in [-0.4, -0.2) is 11.0 Å². The minimum atomic E-state index is -0.623. The van der Waals surface area contributed by atoms with E-state index in [-0.39, 0.29) is 11.4 Å². The van der Waals surface area contributed by atoms with Crippen molar-refractivity contribution in [1.82, 2.24) is 4.98 Å². The number of anilines is 2. The van der Waals surface area contributed by atoms with Gasteiger partial charge >= 0.3 is 6.03 Å². The molecule has 0 aliphatic carbocycles. The summed E-state index contributed by atoms with van der Waals surface area (Å²) in [5.74, 6) is 0. The normalized spacial score (nSPS) is 13.1. The SMILES string of the molecule is O=Nc1c2c3c(cccc3[nH]c1=O)NC(=O)N2. The van der Waals surface area contributed by atoms with Gasteiger partial charge in [0.1, 0.15) is 0 Å². The first-order chi connectivity index (χ1) is 8.20. The van der Waals surface area contributed by atoms with Gasteiger partial charge in [0.2, 0.25) is 0 Å². The number of pyridine rings is 1. The molecular formula is C10H6N4O3. The number of aromatic nitrogens is 1. The van der Waals surface area contributed by atoms with E-state index >= 15 is 0 Å². The topological polar surface area (TPSA) is 103 Å². The fraction of sp³-hybridized carbons (Fsp3) is 0. The number of H-pyrrole nitrogens is 1. The van der Waals surface area contributed by atoms with Gasteiger partial charge in [0.05, 0.1) is 16.9 Å². The van der Waals surface area contributed by atoms with Gasteiger partial charge in [0, 0.05) is 5.39 Å². The van der Waals surface area contributed by atoms with Crippen LogP contribution in [0.1, 0.15) is 0 Å². The molecule has 84 valence electrons. The fourth-order valence-electron chi connectivity index (χ4n) is 1.92. The second-order valence-corrected chi connectivity index (χ2v) is 3.58. The highest BCUT2D eigenvalue weighted by Crippen LogP contribution is 2.36. The first-order valence-corrected chi connectivity index (χ1v) is 4.81. The van der Waals surface area contributed by atoms with Crippen molar-refractivity contribution < 1.29 is 4.79 Å². The minimum absolute atomic E-state index is 0.151. The van der Waals surface area contributed by atoms with Gasteiger partial charge < -0.3 is 15.6 Å². The molecule has 2 aromatic rings. The molecule has 2 amide bonds. The van der Waals surface area contributed by atoms with Gasteiger partial charge in [-0.15, -0.1) is 4.91 Å². The highest BCUT2D eigenvalue weighted by atomic mass is 16.3. The van der Waals surface area contributed by atoms with Crippen LogP contribution in [0.4, 0.5) is 21.9 Å². The maximum Gasteiger partial charge on any atom is 0.323 e. The van der Waals surface area contributed by atoms with Crippen molar-refractivity contribution in [2.75, 3.05) is 10.6 Å². The number of hydrogen-bond acceptors (Lipinski definition) is 4. The number of amides is 2. The standard InChI is InChI=1S/C10H6N4O3/c15-9-8(14-17)7-6-4(11-9)2-1-3-5(6)12-10(16)13-7/h1-3H,(H,11,15)(H2,12,13,16). The Labute approximate surface area is 93.8 Å². The molecule has 2 heterocycles. The van der Waals surface area contributed by atoms with E-state index in [9.17, 15) is 14.5 Å². The molecule has 3 N–H and O–H groups in total. The maximum absolute atomic E-state index is 11.6. The van der Waals surface area contributed by atoms with E-state index in [0.717, 1.165) is 0 Å². The van der Waals surface area contributed by atoms with Gasteiger partial charge in [-0.05, 0) is 17.3 Å². The molecule has 7 nitrogen and oxygen atoms in total. The van der Waals surface area contributed by atoms with Crippen molar-refractivity contribution >= 4 is 34.0 Å². The number of benzene rings is 1. The highest BCUT2D eigenvalue weighted by Gasteiger charge is 2.22. The number of rotatable bonds is 1. The number of nitrogens with zero attached hydrogens (tertiary/aromatic N) is 1. The molecule has 0 saturated carbocycles. The van der Waals surface area contributed by atoms with Crippen molar-refractivity contribution in [2.45, 2.75) is 0 Å². The molecule has 1 aliphatic rings. The summed E-state index contributed by atoms with van der Waals surface area (Å²) in [5.41, 5.74) is 0.268. The summed E-state index contributed by atoms with van der Waals surface area (Å²) in [5, 5.41) is 8.23. The summed E-state index contributed by atoms with van der Waals surface area (Å²) in [6, 6.07) is 4.55. The highest BCUT2D eigenvalue weighted by molar-refractivity contribution is 6.19. The number of nitroso groups, excluding NO2 is 1. The Morgan fingerprint density at radius 2 is 1.94 bits per heavy atom. The molecule has 3 rings (SSSR count). The van der Waals surface area contributed by atoms with Crippen LogP contribution in [0.5, 0.6) is 0 Å². The predicted molar refractivity (Wildman–Crippen MR) is 62.7 cm³/mol. The lowest BCUT2D eigenvalue weighted by molar-refractivity contribution is 0.262. The Bertz CT molecular complexity index is 719. The molecule has 17 heavy (non-hydrogen) atoms. The number of nitrogens with one attached hydrogen (secondary N) is 3. The third-order valence-electron chi connectivity index (χ3n) is 2.59. The summed E-state index contributed by atoms with van der Waals surface area (Å²) in [4.78, 5) is 36.1. The van der Waals surface area contributed by atoms with Crippen LogP contribution in [-0.2, 0) is 0 Å². The number of carbonyl (C=O) groups is 1. The van der Waals surface area contributed by atoms with E-state index < -0.39 is 11.6 Å². The summed E-state index contributed by atoms with van der Waals surface area (Å²) in [6.07, 6.45) is 0. The molecule has 1 aliphatic heterocycles. The van der Waals surface area contributed by atoms with Gasteiger partial charge in [-0.2, -0.15) is 0 Å². The smallest absolute Gasteiger partial charge is 0.320 e. The van der Waals surface area contributed by atoms with E-state index in [1.807, 2.05) is 0 Å². The van der Waals surface area contributed by atoms with Crippen molar-refractivity contribution in [3.05, 3.63) is 33.5 Å². The third-order valence-corrected chi connectivity index (χ3v) is 2.59. The van der Waals surface area contributed by atoms with Crippen LogP contribution < -0.4 is 16.2 Å². The fourth-order valence-corrected chi connectivity index (χ4v) is 1.92. The Hall–Kier alpha value is -2.70. The van der Waals surface area contributed by atoms with Crippen molar-refractivity contribution in [2.24, 2.45) is 5.18 Å². The van der Waals surface area contributed by atoms with Gasteiger partial charge in [-0.3, -0.25) is 4.79 Å². The van der Waals surface area contributed by atoms with Crippen molar-refractivity contribution in [1.29, 1.82) is 0 Å². The number of urea groups is 1. The lowest BCUT2D eigenvalue weighted by Gasteiger charge is -2.19. The first-order valence-electron chi connectivity index (χ1n) is 4.81. The van der Waals surface area contributed by atoms with Crippen molar-refractivity contribution in [3.63, 3.8) is 0 Å². The van der Waals surface area contributed by atoms with Crippen LogP contribution in [0.3, 0.4) is 0 Å². The second kappa shape index (κ2) is 3.14. The Morgan fingerprint density at radius 3 is 2.71 bits per heavy atom. The zero-order valence-corrected chi connectivity index (χ0v) is 8.40. The van der Waals surface area contributed by atoms with E-state index in [4.69, 9.17) is 0 Å². The van der Waals surface area contributed by atoms with Crippen LogP contribution >= 0.6 is 0 Å². The summed E-state index contributed by atoms with van der Waals surface area (Å²) < 4.78 is 0. The second-order valence-electron chi connectivity index (χ2n) is 3.58. The van der Waals surface area contributed by atoms with Gasteiger partial charge in [-0.1, -0.05) is 6.07 Å². The van der Waals surface area contributed by atoms with E-state index in [0.29, 0.717) is 16.6 Å². The molecule has 1 aromatic heterocycles. The maximum atomic E-state index is 11.6. The van der Waals surface area contributed by atoms with Crippen LogP contribution in [0.2, 0.25) is 0 Å². The molecule has 0 radical (unpaired) electrons. The molecule has 0 fully saturated rings. The largest absolute Gasteiger partial charge is 0.323 e. The molecule has 0 atom stereocenters. The Morgan fingerprint density at radius 1 is 1.12 bits per heavy atom. The predicted octanol–water partition coefficient (Wildman–Crippen LogP) is 1.88. The zero-order chi connectivity index (χ0) is 12.0. The van der Waals surface area contributed by atoms with Gasteiger partial charge in [0.15, 0.2) is 5.69 Å². The molecule has 0 bridgehead atoms. The number of aromatic amines is 1. The van der Waals surface area contributed by atoms with Crippen LogP contribution in [0.25, 0.3) is 10.9 Å². The third kappa shape index (κ3) is 1.22. The first kappa shape index (κ1) is 9.52. The summed E-state index contributed by atoms with van der Waals surface area (Å²) in [6.45, 7) is 0. The molecule has 0 unspecified atom stereocenters. The van der Waals surface area contributed by atoms with Gasteiger partial charge in [-0.25, -0.2) is 4.79 Å². The Balaban J connectivity index is 2.55. The van der Waals surface area contributed by atoms with E-state index in [1.54, 1.807) is 18.2 Å². The zero-order valence-electron chi connectivity index (χ0n) is 8.40. The van der Waals surface area contributed by atoms with Crippen molar-refractivity contribution in [3.8, 4) is 0 Å². The monoisotopic (exact) mass is 230 g/mol. The Kier molecular flexibility index (Phi) is 1.76. The quantitative estimate of drug-likeness (QED) is 0.651. The van der Waals surface area contributed by atoms with E-state index in [2.05, 4.69) is 20.8 Å². The van der Waals surface area contributed by atoms with Crippen LogP contribution in [0, 0.1) is 4.91 Å². The summed E-state index contributed by atoms with van der Waals surface area (Å²) >= 11 is 0. The average molecular weight is 230 g/mol. The lowest BCUT2D eigenvalue weighted by Crippen LogP contribution is -2.25. The molecular weight excluding hydrogens is 224 g/mol. The molecule has 0 spiro atoms. The molecule has 0 saturated heterocycles. The number of carbonyl (C=O) groups excluding carboxylic acids is 1. The van der Waals surface area contributed by atoms with E-state index in [1.165, 1.54) is 0 Å². The minimum Gasteiger partial charge on any atom is -0.320 e. The average Bonchev–Trinajstić information content (AvgIpc) is 2.28. The molecule has 1 aromatic carbocycles. The van der Waals surface area contributed by atoms with Gasteiger partial charge in [0.25, 0.3) is 5.56 Å². The molecule has 7 heteroatoms. The number of hydrogen-bond donors (Lipinski definition) is 3. The summed E-state index contributed by atoms with van der Waals surface area (Å²) in [7, 11) is 0. The van der Waals surface area contributed by atoms with Crippen LogP contribution in [0.15, 0.2) is 28.2 Å².